The topological polar surface area (TPSA) is 26.3 Å². The van der Waals surface area contributed by atoms with E-state index in [1.54, 1.807) is 12.1 Å². The summed E-state index contributed by atoms with van der Waals surface area (Å²) in [4.78, 5) is 15.7. The third-order valence-electron chi connectivity index (χ3n) is 4.43. The van der Waals surface area contributed by atoms with Crippen molar-refractivity contribution >= 4 is 16.9 Å². The first kappa shape index (κ1) is 19.9. The average Bonchev–Trinajstić information content (AvgIpc) is 2.76. The van der Waals surface area contributed by atoms with Gasteiger partial charge in [0.25, 0.3) is 0 Å². The van der Waals surface area contributed by atoms with Crippen LogP contribution in [-0.4, -0.2) is 5.97 Å². The molecule has 4 aromatic rings. The van der Waals surface area contributed by atoms with Gasteiger partial charge in [-0.1, -0.05) is 36.4 Å². The Hall–Kier alpha value is -3.44. The smallest absolute Gasteiger partial charge is 0.343 e. The Bertz CT molecular complexity index is 1090. The molecular weight excluding hydrogens is 402 g/mol. The number of hydrogen-bond acceptors (Lipinski definition) is 2. The van der Waals surface area contributed by atoms with Gasteiger partial charge in [-0.15, -0.1) is 0 Å². The van der Waals surface area contributed by atoms with E-state index in [9.17, 15) is 13.6 Å². The minimum absolute atomic E-state index is 0.174. The van der Waals surface area contributed by atoms with Gasteiger partial charge in [-0.2, -0.15) is 10.9 Å². The summed E-state index contributed by atoms with van der Waals surface area (Å²) in [6, 6.07) is 30.3. The van der Waals surface area contributed by atoms with Crippen molar-refractivity contribution in [3.8, 4) is 5.75 Å². The summed E-state index contributed by atoms with van der Waals surface area (Å²) in [6.45, 7) is 0. The highest BCUT2D eigenvalue weighted by Crippen LogP contribution is 2.51. The summed E-state index contributed by atoms with van der Waals surface area (Å²) >= 11 is 0. The SMILES string of the molecule is O=C(Oc1ccc([SH](c2ccccc2)c2ccccc2)cc1)c1cc(F)cc(F)c1. The molecule has 0 unspecified atom stereocenters. The molecule has 4 rings (SSSR count). The Labute approximate surface area is 176 Å². The van der Waals surface area contributed by atoms with Gasteiger partial charge in [0.2, 0.25) is 0 Å². The van der Waals surface area contributed by atoms with Crippen LogP contribution >= 0.6 is 10.9 Å². The number of rotatable bonds is 5. The molecule has 0 heterocycles. The maximum absolute atomic E-state index is 13.3. The highest BCUT2D eigenvalue weighted by atomic mass is 32.2. The molecule has 0 bridgehead atoms. The molecule has 0 aliphatic heterocycles. The first-order valence-corrected chi connectivity index (χ1v) is 10.6. The lowest BCUT2D eigenvalue weighted by atomic mass is 10.2. The predicted molar refractivity (Wildman–Crippen MR) is 114 cm³/mol. The summed E-state index contributed by atoms with van der Waals surface area (Å²) in [5.74, 6) is -2.15. The molecule has 0 atom stereocenters. The van der Waals surface area contributed by atoms with Gasteiger partial charge < -0.3 is 4.74 Å². The van der Waals surface area contributed by atoms with Crippen LogP contribution in [0.2, 0.25) is 0 Å². The van der Waals surface area contributed by atoms with Gasteiger partial charge in [0.15, 0.2) is 0 Å². The molecule has 2 nitrogen and oxygen atoms in total. The number of halogens is 2. The van der Waals surface area contributed by atoms with E-state index in [2.05, 4.69) is 24.3 Å². The number of thiol groups is 1. The summed E-state index contributed by atoms with van der Waals surface area (Å²) in [7, 11) is -0.771. The summed E-state index contributed by atoms with van der Waals surface area (Å²) in [5, 5.41) is 0. The van der Waals surface area contributed by atoms with Crippen molar-refractivity contribution in [3.63, 3.8) is 0 Å². The van der Waals surface area contributed by atoms with Crippen LogP contribution in [0.15, 0.2) is 118 Å². The molecule has 0 aromatic heterocycles. The standard InChI is InChI=1S/C25H18F2O2S/c26-19-15-18(16-20(27)17-19)25(28)29-21-11-13-24(14-12-21)30(22-7-3-1-4-8-22)23-9-5-2-6-10-23/h1-17,30H. The molecular formula is C25H18F2O2S. The van der Waals surface area contributed by atoms with Crippen LogP contribution in [0.4, 0.5) is 8.78 Å². The number of carbonyl (C=O) groups excluding carboxylic acids is 1. The minimum Gasteiger partial charge on any atom is -0.423 e. The second-order valence-corrected chi connectivity index (χ2v) is 8.77. The second kappa shape index (κ2) is 8.93. The first-order valence-electron chi connectivity index (χ1n) is 9.29. The highest BCUT2D eigenvalue weighted by Gasteiger charge is 2.14. The average molecular weight is 420 g/mol. The molecule has 0 aliphatic rings. The third-order valence-corrected chi connectivity index (χ3v) is 6.88. The molecule has 150 valence electrons. The maximum atomic E-state index is 13.3. The van der Waals surface area contributed by atoms with E-state index in [-0.39, 0.29) is 5.56 Å². The van der Waals surface area contributed by atoms with E-state index in [0.717, 1.165) is 17.0 Å². The molecule has 5 heteroatoms. The zero-order valence-corrected chi connectivity index (χ0v) is 16.7. The van der Waals surface area contributed by atoms with E-state index in [4.69, 9.17) is 4.74 Å². The monoisotopic (exact) mass is 420 g/mol. The Morgan fingerprint density at radius 2 is 1.10 bits per heavy atom. The van der Waals surface area contributed by atoms with Crippen LogP contribution in [0.1, 0.15) is 10.4 Å². The lowest BCUT2D eigenvalue weighted by Gasteiger charge is -2.23. The van der Waals surface area contributed by atoms with E-state index >= 15 is 0 Å². The summed E-state index contributed by atoms with van der Waals surface area (Å²) in [6.07, 6.45) is 0. The highest BCUT2D eigenvalue weighted by molar-refractivity contribution is 8.17. The fraction of sp³-hybridized carbons (Fsp3) is 0. The van der Waals surface area contributed by atoms with Crippen molar-refractivity contribution in [2.24, 2.45) is 0 Å². The van der Waals surface area contributed by atoms with E-state index in [0.29, 0.717) is 11.8 Å². The van der Waals surface area contributed by atoms with Crippen LogP contribution in [0.3, 0.4) is 0 Å². The van der Waals surface area contributed by atoms with E-state index in [1.165, 1.54) is 9.79 Å². The number of hydrogen-bond donors (Lipinski definition) is 1. The van der Waals surface area contributed by atoms with Gasteiger partial charge >= 0.3 is 5.97 Å². The van der Waals surface area contributed by atoms with Crippen molar-refractivity contribution in [2.45, 2.75) is 14.7 Å². The fourth-order valence-corrected chi connectivity index (χ4v) is 5.38. The lowest BCUT2D eigenvalue weighted by molar-refractivity contribution is 0.0733. The quantitative estimate of drug-likeness (QED) is 0.222. The zero-order valence-electron chi connectivity index (χ0n) is 15.8. The molecule has 30 heavy (non-hydrogen) atoms. The molecule has 0 fully saturated rings. The van der Waals surface area contributed by atoms with Crippen molar-refractivity contribution in [1.29, 1.82) is 0 Å². The van der Waals surface area contributed by atoms with Crippen LogP contribution in [0.25, 0.3) is 0 Å². The number of carbonyl (C=O) groups is 1. The minimum atomic E-state index is -0.825. The Balaban J connectivity index is 1.60. The Morgan fingerprint density at radius 3 is 1.60 bits per heavy atom. The molecule has 0 aliphatic carbocycles. The van der Waals surface area contributed by atoms with Crippen molar-refractivity contribution in [3.05, 3.63) is 120 Å². The number of benzene rings is 4. The lowest BCUT2D eigenvalue weighted by Crippen LogP contribution is -2.09. The fourth-order valence-electron chi connectivity index (χ4n) is 3.10. The molecule has 0 radical (unpaired) electrons. The van der Waals surface area contributed by atoms with Crippen LogP contribution in [0.5, 0.6) is 5.75 Å². The molecule has 0 spiro atoms. The van der Waals surface area contributed by atoms with Gasteiger partial charge in [0.1, 0.15) is 17.4 Å². The van der Waals surface area contributed by atoms with Crippen LogP contribution in [0, 0.1) is 11.6 Å². The van der Waals surface area contributed by atoms with Gasteiger partial charge in [-0.05, 0) is 75.4 Å². The van der Waals surface area contributed by atoms with Gasteiger partial charge in [0, 0.05) is 6.07 Å². The zero-order chi connectivity index (χ0) is 20.9. The van der Waals surface area contributed by atoms with Crippen LogP contribution in [-0.2, 0) is 0 Å². The largest absolute Gasteiger partial charge is 0.423 e. The summed E-state index contributed by atoms with van der Waals surface area (Å²) < 4.78 is 32.0. The Morgan fingerprint density at radius 1 is 0.633 bits per heavy atom. The second-order valence-electron chi connectivity index (χ2n) is 6.55. The molecule has 4 aromatic carbocycles. The summed E-state index contributed by atoms with van der Waals surface area (Å²) in [5.41, 5.74) is -0.174. The van der Waals surface area contributed by atoms with Gasteiger partial charge in [-0.25, -0.2) is 13.6 Å². The van der Waals surface area contributed by atoms with Crippen molar-refractivity contribution in [1.82, 2.24) is 0 Å². The molecule has 0 amide bonds. The first-order chi connectivity index (χ1) is 14.6. The maximum Gasteiger partial charge on any atom is 0.343 e. The molecule has 0 saturated carbocycles. The number of esters is 1. The van der Waals surface area contributed by atoms with Gasteiger partial charge in [0.05, 0.1) is 5.56 Å². The van der Waals surface area contributed by atoms with E-state index < -0.39 is 28.5 Å². The van der Waals surface area contributed by atoms with Crippen molar-refractivity contribution < 1.29 is 18.3 Å². The predicted octanol–water partition coefficient (Wildman–Crippen LogP) is 6.66. The third kappa shape index (κ3) is 4.58. The molecule has 0 N–H and O–H groups in total. The van der Waals surface area contributed by atoms with Gasteiger partial charge in [-0.3, -0.25) is 0 Å². The molecule has 0 saturated heterocycles. The normalized spacial score (nSPS) is 11.1. The Kier molecular flexibility index (Phi) is 5.91. The van der Waals surface area contributed by atoms with Crippen LogP contribution < -0.4 is 4.74 Å². The number of ether oxygens (including phenoxy) is 1. The van der Waals surface area contributed by atoms with Crippen molar-refractivity contribution in [2.75, 3.05) is 0 Å². The van der Waals surface area contributed by atoms with E-state index in [1.807, 2.05) is 48.5 Å².